The number of halogens is 4. The summed E-state index contributed by atoms with van der Waals surface area (Å²) in [6, 6.07) is 10.1. The van der Waals surface area contributed by atoms with Crippen LogP contribution in [0.3, 0.4) is 0 Å². The van der Waals surface area contributed by atoms with Gasteiger partial charge in [0.2, 0.25) is 5.91 Å². The van der Waals surface area contributed by atoms with Crippen molar-refractivity contribution in [3.8, 4) is 0 Å². The van der Waals surface area contributed by atoms with Crippen molar-refractivity contribution in [2.45, 2.75) is 37.6 Å². The largest absolute Gasteiger partial charge is 0.351 e. The zero-order valence-corrected chi connectivity index (χ0v) is 16.4. The number of piperidine rings is 1. The second-order valence-corrected chi connectivity index (χ2v) is 7.07. The molecule has 1 amide bonds. The number of nitrogens with one attached hydrogen (secondary N) is 2. The maximum Gasteiger partial charge on any atom is 0.220 e. The standard InChI is InChI=1S/C21H23F3N2O.ClH/c1-13(15-4-2-3-5-17(15)22)10-21(27)26-20-12-25-9-8-16(20)14-6-7-18(23)19(24)11-14;/h2-7,11,13,16,20,25H,8-10,12H2,1H3,(H,26,27);1H. The fraction of sp³-hybridized carbons (Fsp3) is 0.381. The quantitative estimate of drug-likeness (QED) is 0.769. The summed E-state index contributed by atoms with van der Waals surface area (Å²) < 4.78 is 40.7. The van der Waals surface area contributed by atoms with E-state index >= 15 is 0 Å². The van der Waals surface area contributed by atoms with E-state index in [4.69, 9.17) is 0 Å². The van der Waals surface area contributed by atoms with E-state index in [1.165, 1.54) is 12.1 Å². The third-order valence-corrected chi connectivity index (χ3v) is 5.13. The summed E-state index contributed by atoms with van der Waals surface area (Å²) in [4.78, 5) is 12.5. The van der Waals surface area contributed by atoms with Gasteiger partial charge in [-0.25, -0.2) is 13.2 Å². The third kappa shape index (κ3) is 5.26. The SMILES string of the molecule is CC(CC(=O)NC1CNCCC1c1ccc(F)c(F)c1)c1ccccc1F.Cl. The van der Waals surface area contributed by atoms with Gasteiger partial charge < -0.3 is 10.6 Å². The summed E-state index contributed by atoms with van der Waals surface area (Å²) in [6.45, 7) is 3.09. The van der Waals surface area contributed by atoms with Crippen LogP contribution in [0.2, 0.25) is 0 Å². The first-order valence-corrected chi connectivity index (χ1v) is 9.15. The van der Waals surface area contributed by atoms with Crippen LogP contribution in [0, 0.1) is 17.5 Å². The molecule has 0 spiro atoms. The molecule has 152 valence electrons. The molecule has 3 unspecified atom stereocenters. The highest BCUT2D eigenvalue weighted by atomic mass is 35.5. The Kier molecular flexibility index (Phi) is 7.89. The third-order valence-electron chi connectivity index (χ3n) is 5.13. The van der Waals surface area contributed by atoms with E-state index in [9.17, 15) is 18.0 Å². The minimum atomic E-state index is -0.885. The van der Waals surface area contributed by atoms with Crippen molar-refractivity contribution in [2.24, 2.45) is 0 Å². The first kappa shape index (κ1) is 22.2. The topological polar surface area (TPSA) is 41.1 Å². The molecule has 0 aliphatic carbocycles. The molecule has 0 radical (unpaired) electrons. The molecule has 3 rings (SSSR count). The van der Waals surface area contributed by atoms with Crippen LogP contribution in [0.4, 0.5) is 13.2 Å². The van der Waals surface area contributed by atoms with Crippen LogP contribution in [-0.2, 0) is 4.79 Å². The minimum Gasteiger partial charge on any atom is -0.351 e. The molecule has 0 bridgehead atoms. The second kappa shape index (κ2) is 9.94. The van der Waals surface area contributed by atoms with Gasteiger partial charge in [0, 0.05) is 24.9 Å². The molecule has 7 heteroatoms. The Morgan fingerprint density at radius 1 is 1.14 bits per heavy atom. The van der Waals surface area contributed by atoms with Crippen molar-refractivity contribution in [2.75, 3.05) is 13.1 Å². The summed E-state index contributed by atoms with van der Waals surface area (Å²) in [6.07, 6.45) is 0.862. The molecule has 1 saturated heterocycles. The van der Waals surface area contributed by atoms with Crippen LogP contribution in [0.5, 0.6) is 0 Å². The highest BCUT2D eigenvalue weighted by Gasteiger charge is 2.29. The molecule has 2 aromatic carbocycles. The van der Waals surface area contributed by atoms with Crippen LogP contribution < -0.4 is 10.6 Å². The zero-order valence-electron chi connectivity index (χ0n) is 15.6. The molecule has 1 aliphatic rings. The van der Waals surface area contributed by atoms with Gasteiger partial charge in [-0.3, -0.25) is 4.79 Å². The summed E-state index contributed by atoms with van der Waals surface area (Å²) in [5, 5.41) is 6.20. The average Bonchev–Trinajstić information content (AvgIpc) is 2.64. The van der Waals surface area contributed by atoms with Gasteiger partial charge in [-0.2, -0.15) is 0 Å². The summed E-state index contributed by atoms with van der Waals surface area (Å²) >= 11 is 0. The normalized spacial score (nSPS) is 20.1. The Bertz CT molecular complexity index is 818. The Balaban J connectivity index is 0.00000280. The lowest BCUT2D eigenvalue weighted by molar-refractivity contribution is -0.122. The van der Waals surface area contributed by atoms with Gasteiger partial charge in [0.15, 0.2) is 11.6 Å². The van der Waals surface area contributed by atoms with Crippen LogP contribution in [-0.4, -0.2) is 25.0 Å². The van der Waals surface area contributed by atoms with E-state index in [0.29, 0.717) is 24.1 Å². The summed E-state index contributed by atoms with van der Waals surface area (Å²) in [5.41, 5.74) is 1.18. The number of carbonyl (C=O) groups excluding carboxylic acids is 1. The fourth-order valence-electron chi connectivity index (χ4n) is 3.68. The molecule has 2 aromatic rings. The van der Waals surface area contributed by atoms with Gasteiger partial charge in [0.25, 0.3) is 0 Å². The maximum absolute atomic E-state index is 13.9. The van der Waals surface area contributed by atoms with E-state index in [-0.39, 0.29) is 48.4 Å². The van der Waals surface area contributed by atoms with E-state index in [1.54, 1.807) is 24.3 Å². The van der Waals surface area contributed by atoms with Crippen LogP contribution in [0.25, 0.3) is 0 Å². The van der Waals surface area contributed by atoms with Crippen molar-refractivity contribution in [1.29, 1.82) is 0 Å². The smallest absolute Gasteiger partial charge is 0.220 e. The molecule has 1 fully saturated rings. The minimum absolute atomic E-state index is 0. The Morgan fingerprint density at radius 2 is 1.89 bits per heavy atom. The Labute approximate surface area is 169 Å². The Hall–Kier alpha value is -2.05. The Morgan fingerprint density at radius 3 is 2.61 bits per heavy atom. The molecule has 2 N–H and O–H groups in total. The van der Waals surface area contributed by atoms with Crippen LogP contribution >= 0.6 is 12.4 Å². The molecular weight excluding hydrogens is 389 g/mol. The van der Waals surface area contributed by atoms with Gasteiger partial charge in [-0.15, -0.1) is 12.4 Å². The van der Waals surface area contributed by atoms with Gasteiger partial charge in [0.05, 0.1) is 0 Å². The highest BCUT2D eigenvalue weighted by molar-refractivity contribution is 5.85. The van der Waals surface area contributed by atoms with Gasteiger partial charge in [0.1, 0.15) is 5.82 Å². The molecule has 3 nitrogen and oxygen atoms in total. The van der Waals surface area contributed by atoms with Gasteiger partial charge in [-0.1, -0.05) is 31.2 Å². The maximum atomic E-state index is 13.9. The molecule has 0 saturated carbocycles. The molecule has 1 aliphatic heterocycles. The molecule has 3 atom stereocenters. The first-order chi connectivity index (χ1) is 13.0. The van der Waals surface area contributed by atoms with Crippen molar-refractivity contribution in [3.05, 3.63) is 71.0 Å². The molecule has 0 aromatic heterocycles. The predicted molar refractivity (Wildman–Crippen MR) is 105 cm³/mol. The number of carbonyl (C=O) groups is 1. The number of benzene rings is 2. The zero-order chi connectivity index (χ0) is 19.4. The summed E-state index contributed by atoms with van der Waals surface area (Å²) in [7, 11) is 0. The lowest BCUT2D eigenvalue weighted by Gasteiger charge is -2.33. The molecular formula is C21H24ClF3N2O. The van der Waals surface area contributed by atoms with Crippen LogP contribution in [0.1, 0.15) is 42.7 Å². The second-order valence-electron chi connectivity index (χ2n) is 7.07. The van der Waals surface area contributed by atoms with E-state index in [1.807, 2.05) is 6.92 Å². The van der Waals surface area contributed by atoms with Crippen LogP contribution in [0.15, 0.2) is 42.5 Å². The number of rotatable bonds is 5. The van der Waals surface area contributed by atoms with Crippen molar-refractivity contribution < 1.29 is 18.0 Å². The molecule has 1 heterocycles. The lowest BCUT2D eigenvalue weighted by atomic mass is 9.85. The van der Waals surface area contributed by atoms with Gasteiger partial charge >= 0.3 is 0 Å². The first-order valence-electron chi connectivity index (χ1n) is 9.15. The van der Waals surface area contributed by atoms with Gasteiger partial charge in [-0.05, 0) is 48.2 Å². The van der Waals surface area contributed by atoms with Crippen molar-refractivity contribution in [3.63, 3.8) is 0 Å². The van der Waals surface area contributed by atoms with Crippen molar-refractivity contribution in [1.82, 2.24) is 10.6 Å². The summed E-state index contributed by atoms with van der Waals surface area (Å²) in [5.74, 6) is -2.64. The monoisotopic (exact) mass is 412 g/mol. The van der Waals surface area contributed by atoms with Crippen molar-refractivity contribution >= 4 is 18.3 Å². The van der Waals surface area contributed by atoms with E-state index in [2.05, 4.69) is 10.6 Å². The predicted octanol–water partition coefficient (Wildman–Crippen LogP) is 4.28. The number of amides is 1. The van der Waals surface area contributed by atoms with E-state index < -0.39 is 11.6 Å². The fourth-order valence-corrected chi connectivity index (χ4v) is 3.68. The van der Waals surface area contributed by atoms with E-state index in [0.717, 1.165) is 12.6 Å². The number of hydrogen-bond acceptors (Lipinski definition) is 2. The highest BCUT2D eigenvalue weighted by Crippen LogP contribution is 2.28. The number of hydrogen-bond donors (Lipinski definition) is 2. The molecule has 28 heavy (non-hydrogen) atoms. The lowest BCUT2D eigenvalue weighted by Crippen LogP contribution is -2.50. The average molecular weight is 413 g/mol.